The molecule has 1 aromatic carbocycles. The van der Waals surface area contributed by atoms with Crippen LogP contribution in [0.15, 0.2) is 30.3 Å². The van der Waals surface area contributed by atoms with Gasteiger partial charge in [-0.1, -0.05) is 56.0 Å². The second-order valence-corrected chi connectivity index (χ2v) is 6.06. The molecule has 2 nitrogen and oxygen atoms in total. The van der Waals surface area contributed by atoms with Crippen LogP contribution in [0.3, 0.4) is 0 Å². The lowest BCUT2D eigenvalue weighted by atomic mass is 10.1. The summed E-state index contributed by atoms with van der Waals surface area (Å²) in [5, 5.41) is 3.28. The monoisotopic (exact) mass is 257 g/mol. The fourth-order valence-electron chi connectivity index (χ4n) is 3.29. The van der Waals surface area contributed by atoms with Gasteiger partial charge in [0.25, 0.3) is 0 Å². The molecule has 0 bridgehead atoms. The summed E-state index contributed by atoms with van der Waals surface area (Å²) in [6.07, 6.45) is 8.60. The Kier molecular flexibility index (Phi) is 3.86. The molecule has 0 heterocycles. The van der Waals surface area contributed by atoms with Crippen molar-refractivity contribution in [2.75, 3.05) is 0 Å². The van der Waals surface area contributed by atoms with E-state index in [1.165, 1.54) is 44.1 Å². The lowest BCUT2D eigenvalue weighted by Crippen LogP contribution is -2.35. The highest BCUT2D eigenvalue weighted by Crippen LogP contribution is 2.47. The summed E-state index contributed by atoms with van der Waals surface area (Å²) < 4.78 is 0. The second-order valence-electron chi connectivity index (χ2n) is 6.06. The van der Waals surface area contributed by atoms with Gasteiger partial charge in [0.15, 0.2) is 0 Å². The van der Waals surface area contributed by atoms with Gasteiger partial charge in [-0.25, -0.2) is 0 Å². The van der Waals surface area contributed by atoms with E-state index in [2.05, 4.69) is 29.6 Å². The van der Waals surface area contributed by atoms with Crippen molar-refractivity contribution in [3.05, 3.63) is 35.9 Å². The van der Waals surface area contributed by atoms with Crippen molar-refractivity contribution >= 4 is 5.91 Å². The molecule has 1 amide bonds. The Morgan fingerprint density at radius 3 is 2.37 bits per heavy atom. The van der Waals surface area contributed by atoms with Crippen LogP contribution in [0.1, 0.15) is 56.4 Å². The molecule has 2 heteroatoms. The Morgan fingerprint density at radius 1 is 1.00 bits per heavy atom. The van der Waals surface area contributed by atoms with Crippen LogP contribution in [0.4, 0.5) is 0 Å². The Bertz CT molecular complexity index is 420. The van der Waals surface area contributed by atoms with Crippen LogP contribution in [-0.2, 0) is 4.79 Å². The van der Waals surface area contributed by atoms with Crippen LogP contribution in [0.5, 0.6) is 0 Å². The highest BCUT2D eigenvalue weighted by molar-refractivity contribution is 5.83. The molecule has 102 valence electrons. The van der Waals surface area contributed by atoms with Gasteiger partial charge in [-0.15, -0.1) is 0 Å². The first-order valence-electron chi connectivity index (χ1n) is 7.70. The first kappa shape index (κ1) is 12.7. The highest BCUT2D eigenvalue weighted by Gasteiger charge is 2.44. The van der Waals surface area contributed by atoms with Gasteiger partial charge in [0.05, 0.1) is 0 Å². The molecule has 0 radical (unpaired) electrons. The zero-order valence-corrected chi connectivity index (χ0v) is 11.5. The second kappa shape index (κ2) is 5.77. The van der Waals surface area contributed by atoms with Crippen LogP contribution < -0.4 is 5.32 Å². The minimum Gasteiger partial charge on any atom is -0.353 e. The van der Waals surface area contributed by atoms with Gasteiger partial charge in [0.1, 0.15) is 0 Å². The van der Waals surface area contributed by atoms with Gasteiger partial charge in [0.2, 0.25) is 5.91 Å². The topological polar surface area (TPSA) is 29.1 Å². The van der Waals surface area contributed by atoms with Crippen molar-refractivity contribution in [3.8, 4) is 0 Å². The van der Waals surface area contributed by atoms with Crippen LogP contribution in [0, 0.1) is 5.92 Å². The third-order valence-corrected chi connectivity index (χ3v) is 4.56. The molecule has 2 atom stereocenters. The minimum absolute atomic E-state index is 0.227. The van der Waals surface area contributed by atoms with Gasteiger partial charge in [-0.05, 0) is 30.7 Å². The molecule has 0 aliphatic heterocycles. The zero-order chi connectivity index (χ0) is 13.1. The van der Waals surface area contributed by atoms with Crippen LogP contribution in [0.25, 0.3) is 0 Å². The van der Waals surface area contributed by atoms with E-state index < -0.39 is 0 Å². The first-order chi connectivity index (χ1) is 9.34. The summed E-state index contributed by atoms with van der Waals surface area (Å²) in [5.41, 5.74) is 1.32. The van der Waals surface area contributed by atoms with Crippen LogP contribution >= 0.6 is 0 Å². The average Bonchev–Trinajstić information content (AvgIpc) is 3.24. The Labute approximate surface area is 115 Å². The lowest BCUT2D eigenvalue weighted by Gasteiger charge is -2.16. The number of benzene rings is 1. The molecular formula is C17H23NO. The molecular weight excluding hydrogens is 234 g/mol. The van der Waals surface area contributed by atoms with E-state index in [1.807, 2.05) is 6.07 Å². The number of rotatable bonds is 3. The van der Waals surface area contributed by atoms with Gasteiger partial charge < -0.3 is 5.32 Å². The smallest absolute Gasteiger partial charge is 0.223 e. The molecule has 2 aliphatic carbocycles. The van der Waals surface area contributed by atoms with Crippen molar-refractivity contribution in [1.82, 2.24) is 5.32 Å². The molecule has 0 unspecified atom stereocenters. The molecule has 0 spiro atoms. The lowest BCUT2D eigenvalue weighted by molar-refractivity contribution is -0.123. The number of hydrogen-bond acceptors (Lipinski definition) is 1. The number of nitrogens with one attached hydrogen (secondary N) is 1. The minimum atomic E-state index is 0.227. The summed E-state index contributed by atoms with van der Waals surface area (Å²) in [4.78, 5) is 12.3. The van der Waals surface area contributed by atoms with Crippen molar-refractivity contribution < 1.29 is 4.79 Å². The summed E-state index contributed by atoms with van der Waals surface area (Å²) in [7, 11) is 0. The summed E-state index contributed by atoms with van der Waals surface area (Å²) in [5.74, 6) is 0.985. The molecule has 2 saturated carbocycles. The fraction of sp³-hybridized carbons (Fsp3) is 0.588. The van der Waals surface area contributed by atoms with Crippen molar-refractivity contribution in [2.24, 2.45) is 5.92 Å². The Morgan fingerprint density at radius 2 is 1.68 bits per heavy atom. The Hall–Kier alpha value is -1.31. The largest absolute Gasteiger partial charge is 0.353 e. The molecule has 1 N–H and O–H groups in total. The average molecular weight is 257 g/mol. The number of carbonyl (C=O) groups is 1. The highest BCUT2D eigenvalue weighted by atomic mass is 16.2. The first-order valence-corrected chi connectivity index (χ1v) is 7.70. The van der Waals surface area contributed by atoms with E-state index in [0.29, 0.717) is 17.9 Å². The van der Waals surface area contributed by atoms with Gasteiger partial charge in [-0.2, -0.15) is 0 Å². The van der Waals surface area contributed by atoms with Crippen molar-refractivity contribution in [2.45, 2.75) is 56.9 Å². The van der Waals surface area contributed by atoms with E-state index in [-0.39, 0.29) is 5.92 Å². The maximum atomic E-state index is 12.3. The third-order valence-electron chi connectivity index (χ3n) is 4.56. The van der Waals surface area contributed by atoms with Crippen molar-refractivity contribution in [3.63, 3.8) is 0 Å². The normalized spacial score (nSPS) is 27.6. The molecule has 19 heavy (non-hydrogen) atoms. The van der Waals surface area contributed by atoms with E-state index >= 15 is 0 Å². The standard InChI is InChI=1S/C17H23NO/c19-17(18-14-10-6-1-2-7-11-14)16-12-15(16)13-8-4-3-5-9-13/h3-5,8-9,14-16H,1-2,6-7,10-12H2,(H,18,19)/t15-,16-/m0/s1. The number of amides is 1. The molecule has 1 aromatic rings. The summed E-state index contributed by atoms with van der Waals surface area (Å²) in [6, 6.07) is 10.9. The SMILES string of the molecule is O=C(NC1CCCCCC1)[C@H]1C[C@H]1c1ccccc1. The van der Waals surface area contributed by atoms with Crippen LogP contribution in [0.2, 0.25) is 0 Å². The number of carbonyl (C=O) groups excluding carboxylic acids is 1. The maximum absolute atomic E-state index is 12.3. The third kappa shape index (κ3) is 3.17. The predicted molar refractivity (Wildman–Crippen MR) is 76.9 cm³/mol. The fourth-order valence-corrected chi connectivity index (χ4v) is 3.29. The predicted octanol–water partition coefficient (Wildman–Crippen LogP) is 3.63. The summed E-state index contributed by atoms with van der Waals surface area (Å²) >= 11 is 0. The van der Waals surface area contributed by atoms with E-state index in [4.69, 9.17) is 0 Å². The Balaban J connectivity index is 1.52. The van der Waals surface area contributed by atoms with E-state index in [0.717, 1.165) is 6.42 Å². The molecule has 3 rings (SSSR count). The van der Waals surface area contributed by atoms with Gasteiger partial charge in [0, 0.05) is 12.0 Å². The molecule has 0 saturated heterocycles. The van der Waals surface area contributed by atoms with Gasteiger partial charge in [-0.3, -0.25) is 4.79 Å². The number of hydrogen-bond donors (Lipinski definition) is 1. The van der Waals surface area contributed by atoms with Crippen LogP contribution in [-0.4, -0.2) is 11.9 Å². The van der Waals surface area contributed by atoms with E-state index in [9.17, 15) is 4.79 Å². The zero-order valence-electron chi connectivity index (χ0n) is 11.5. The molecule has 2 fully saturated rings. The van der Waals surface area contributed by atoms with E-state index in [1.54, 1.807) is 0 Å². The quantitative estimate of drug-likeness (QED) is 0.823. The van der Waals surface area contributed by atoms with Gasteiger partial charge >= 0.3 is 0 Å². The van der Waals surface area contributed by atoms with Crippen molar-refractivity contribution in [1.29, 1.82) is 0 Å². The summed E-state index contributed by atoms with van der Waals surface area (Å²) in [6.45, 7) is 0. The molecule has 2 aliphatic rings. The maximum Gasteiger partial charge on any atom is 0.223 e. The molecule has 0 aromatic heterocycles.